The van der Waals surface area contributed by atoms with Crippen molar-refractivity contribution >= 4 is 20.3 Å². The van der Waals surface area contributed by atoms with Crippen molar-refractivity contribution in [1.29, 1.82) is 0 Å². The van der Waals surface area contributed by atoms with Crippen molar-refractivity contribution in [3.63, 3.8) is 0 Å². The van der Waals surface area contributed by atoms with Gasteiger partial charge in [0, 0.05) is 0 Å². The van der Waals surface area contributed by atoms with E-state index in [1.807, 2.05) is 12.1 Å². The maximum atomic E-state index is 11.9. The molecular formula is C22H33O8P. The Morgan fingerprint density at radius 2 is 1.68 bits per heavy atom. The lowest BCUT2D eigenvalue weighted by Crippen LogP contribution is -2.24. The Balaban J connectivity index is 1.93. The second-order valence-electron chi connectivity index (χ2n) is 9.53. The lowest BCUT2D eigenvalue weighted by molar-refractivity contribution is -0.441. The number of hydrogen-bond donors (Lipinski definition) is 0. The molecule has 1 aromatic rings. The van der Waals surface area contributed by atoms with Gasteiger partial charge < -0.3 is 9.47 Å². The highest BCUT2D eigenvalue weighted by Crippen LogP contribution is 2.40. The van der Waals surface area contributed by atoms with E-state index in [4.69, 9.17) is 18.7 Å². The van der Waals surface area contributed by atoms with E-state index in [2.05, 4.69) is 16.8 Å². The summed E-state index contributed by atoms with van der Waals surface area (Å²) in [4.78, 5) is 28.4. The molecule has 0 aromatic heterocycles. The fraction of sp³-hybridized carbons (Fsp3) is 0.636. The third-order valence-electron chi connectivity index (χ3n) is 4.58. The van der Waals surface area contributed by atoms with Gasteiger partial charge in [-0.05, 0) is 102 Å². The molecule has 2 rings (SSSR count). The first-order chi connectivity index (χ1) is 14.4. The van der Waals surface area contributed by atoms with Crippen LogP contribution in [0.15, 0.2) is 12.1 Å². The molecule has 31 heavy (non-hydrogen) atoms. The summed E-state index contributed by atoms with van der Waals surface area (Å²) in [5, 5.41) is 4.63. The summed E-state index contributed by atoms with van der Waals surface area (Å²) in [5.41, 5.74) is 2.44. The Hall–Kier alpha value is -1.73. The first-order valence-electron chi connectivity index (χ1n) is 10.3. The molecule has 1 aromatic carbocycles. The van der Waals surface area contributed by atoms with Crippen LogP contribution in [0.5, 0.6) is 5.75 Å². The Kier molecular flexibility index (Phi) is 8.83. The molecule has 0 saturated heterocycles. The number of hydrogen-bond acceptors (Lipinski definition) is 8. The molecule has 1 unspecified atom stereocenters. The van der Waals surface area contributed by atoms with Crippen LogP contribution in [0.4, 0.5) is 0 Å². The highest BCUT2D eigenvalue weighted by Gasteiger charge is 2.27. The molecule has 8 nitrogen and oxygen atoms in total. The Labute approximate surface area is 185 Å². The lowest BCUT2D eigenvalue weighted by atomic mass is 9.98. The number of fused-ring (bicyclic) bond motifs is 1. The van der Waals surface area contributed by atoms with E-state index in [0.29, 0.717) is 5.75 Å². The summed E-state index contributed by atoms with van der Waals surface area (Å²) in [7, 11) is -1.83. The van der Waals surface area contributed by atoms with Gasteiger partial charge in [0.25, 0.3) is 8.38 Å². The fourth-order valence-electron chi connectivity index (χ4n) is 2.74. The molecule has 1 atom stereocenters. The lowest BCUT2D eigenvalue weighted by Gasteiger charge is -2.20. The number of carbonyl (C=O) groups excluding carboxylic acids is 2. The van der Waals surface area contributed by atoms with Crippen LogP contribution >= 0.6 is 8.38 Å². The van der Waals surface area contributed by atoms with Crippen LogP contribution < -0.4 is 4.74 Å². The van der Waals surface area contributed by atoms with Crippen molar-refractivity contribution in [1.82, 2.24) is 0 Å². The van der Waals surface area contributed by atoms with Crippen molar-refractivity contribution in [3.05, 3.63) is 28.8 Å². The highest BCUT2D eigenvalue weighted by atomic mass is 31.2. The molecule has 0 amide bonds. The molecule has 9 heteroatoms. The maximum absolute atomic E-state index is 11.9. The summed E-state index contributed by atoms with van der Waals surface area (Å²) in [6.07, 6.45) is 3.26. The molecule has 1 aliphatic carbocycles. The zero-order valence-corrected chi connectivity index (χ0v) is 20.3. The summed E-state index contributed by atoms with van der Waals surface area (Å²) in [6.45, 7) is 12.0. The van der Waals surface area contributed by atoms with E-state index in [0.717, 1.165) is 19.3 Å². The molecule has 0 bridgehead atoms. The second kappa shape index (κ2) is 10.7. The van der Waals surface area contributed by atoms with Crippen LogP contribution in [0.25, 0.3) is 0 Å². The zero-order chi connectivity index (χ0) is 23.2. The quantitative estimate of drug-likeness (QED) is 0.166. The van der Waals surface area contributed by atoms with Crippen LogP contribution in [0.1, 0.15) is 64.7 Å². The van der Waals surface area contributed by atoms with Gasteiger partial charge in [-0.1, -0.05) is 0 Å². The predicted octanol–water partition coefficient (Wildman–Crippen LogP) is 5.15. The Morgan fingerprint density at radius 3 is 2.32 bits per heavy atom. The van der Waals surface area contributed by atoms with Gasteiger partial charge in [0.15, 0.2) is 13.1 Å². The first kappa shape index (κ1) is 25.5. The van der Waals surface area contributed by atoms with Gasteiger partial charge >= 0.3 is 11.9 Å². The Morgan fingerprint density at radius 1 is 1.00 bits per heavy atom. The smallest absolute Gasteiger partial charge is 0.350 e. The zero-order valence-electron chi connectivity index (χ0n) is 19.4. The molecule has 0 radical (unpaired) electrons. The normalized spacial score (nSPS) is 14.7. The standard InChI is InChI=1S/C22H33O8P/c1-15-11-17(12-16-9-8-10-18(15)16)26-14-31(27-13-25-19(23)21(2,3)4)30-29-28-20(24)22(5,6)7/h11-12H,8-10,13-14H2,1-7H3. The van der Waals surface area contributed by atoms with Gasteiger partial charge in [-0.3, -0.25) is 14.2 Å². The average Bonchev–Trinajstić information content (AvgIpc) is 3.13. The van der Waals surface area contributed by atoms with Crippen molar-refractivity contribution in [2.75, 3.05) is 13.1 Å². The van der Waals surface area contributed by atoms with Gasteiger partial charge in [-0.25, -0.2) is 4.79 Å². The molecule has 0 heterocycles. The van der Waals surface area contributed by atoms with E-state index < -0.39 is 31.1 Å². The maximum Gasteiger partial charge on any atom is 0.350 e. The average molecular weight is 456 g/mol. The number of aryl methyl sites for hydroxylation is 2. The van der Waals surface area contributed by atoms with Crippen LogP contribution in [0.3, 0.4) is 0 Å². The topological polar surface area (TPSA) is 89.5 Å². The molecular weight excluding hydrogens is 423 g/mol. The molecule has 174 valence electrons. The van der Waals surface area contributed by atoms with Gasteiger partial charge in [0.2, 0.25) is 0 Å². The van der Waals surface area contributed by atoms with E-state index in [-0.39, 0.29) is 13.1 Å². The largest absolute Gasteiger partial charge is 0.484 e. The van der Waals surface area contributed by atoms with Gasteiger partial charge in [0.1, 0.15) is 5.75 Å². The molecule has 0 N–H and O–H groups in total. The Bertz CT molecular complexity index is 747. The van der Waals surface area contributed by atoms with Gasteiger partial charge in [-0.15, -0.1) is 4.67 Å². The minimum Gasteiger partial charge on any atom is -0.484 e. The molecule has 1 aliphatic rings. The second-order valence-corrected chi connectivity index (χ2v) is 10.9. The third-order valence-corrected chi connectivity index (χ3v) is 5.54. The minimum atomic E-state index is -1.83. The monoisotopic (exact) mass is 456 g/mol. The first-order valence-corrected chi connectivity index (χ1v) is 11.6. The number of ether oxygens (including phenoxy) is 2. The van der Waals surface area contributed by atoms with Crippen molar-refractivity contribution < 1.29 is 38.2 Å². The van der Waals surface area contributed by atoms with E-state index in [1.54, 1.807) is 41.5 Å². The molecule has 0 aliphatic heterocycles. The van der Waals surface area contributed by atoms with Gasteiger partial charge in [0.05, 0.1) is 10.8 Å². The number of carbonyl (C=O) groups is 2. The SMILES string of the molecule is Cc1cc(OCP(OCOC(=O)C(C)(C)C)OOOC(=O)C(C)(C)C)cc2c1CCC2. The van der Waals surface area contributed by atoms with Crippen molar-refractivity contribution in [3.8, 4) is 5.75 Å². The summed E-state index contributed by atoms with van der Waals surface area (Å²) < 4.78 is 21.5. The van der Waals surface area contributed by atoms with E-state index in [9.17, 15) is 9.59 Å². The van der Waals surface area contributed by atoms with E-state index in [1.165, 1.54) is 16.7 Å². The number of benzene rings is 1. The summed E-state index contributed by atoms with van der Waals surface area (Å²) >= 11 is 0. The molecule has 0 saturated carbocycles. The summed E-state index contributed by atoms with van der Waals surface area (Å²) in [6, 6.07) is 3.99. The van der Waals surface area contributed by atoms with Crippen molar-refractivity contribution in [2.24, 2.45) is 10.8 Å². The minimum absolute atomic E-state index is 0.00625. The van der Waals surface area contributed by atoms with Crippen LogP contribution in [0.2, 0.25) is 0 Å². The van der Waals surface area contributed by atoms with Crippen molar-refractivity contribution in [2.45, 2.75) is 67.7 Å². The predicted molar refractivity (Wildman–Crippen MR) is 115 cm³/mol. The van der Waals surface area contributed by atoms with Crippen LogP contribution in [-0.2, 0) is 46.3 Å². The molecule has 0 spiro atoms. The summed E-state index contributed by atoms with van der Waals surface area (Å²) in [5.74, 6) is -0.328. The van der Waals surface area contributed by atoms with Crippen LogP contribution in [0, 0.1) is 17.8 Å². The van der Waals surface area contributed by atoms with Crippen LogP contribution in [-0.4, -0.2) is 25.1 Å². The third kappa shape index (κ3) is 8.04. The number of rotatable bonds is 9. The number of esters is 1. The molecule has 0 fully saturated rings. The highest BCUT2D eigenvalue weighted by molar-refractivity contribution is 7.46. The van der Waals surface area contributed by atoms with Gasteiger partial charge in [-0.2, -0.15) is 0 Å². The fourth-order valence-corrected chi connectivity index (χ4v) is 3.43. The van der Waals surface area contributed by atoms with E-state index >= 15 is 0 Å².